The quantitative estimate of drug-likeness (QED) is 0.353. The monoisotopic (exact) mass is 615 g/mol. The van der Waals surface area contributed by atoms with Crippen molar-refractivity contribution in [3.05, 3.63) is 23.5 Å². The maximum absolute atomic E-state index is 15.1. The molecule has 1 aromatic rings. The highest BCUT2D eigenvalue weighted by Crippen LogP contribution is 2.64. The van der Waals surface area contributed by atoms with Crippen LogP contribution in [0.1, 0.15) is 78.2 Å². The summed E-state index contributed by atoms with van der Waals surface area (Å²) in [6.45, 7) is 10.7. The standard InChI is InChI=1S/C33H47BFNO8/c1-20-7-9-32(10-8-21(2)37)19-31(20,4)26(15-33(30(39)22(32)3)11-12-36-13-14-41-17-25(33)36)44-27(38)18-42-24-6-5-23-16-43-34(40)28(23)29(24)35/h5-6,20,22,25-26,30,39-40H,7-19H2,1-4H3/t20-,22+,25?,26-,30+,31+,32-,33-/m1/s1. The number of fused-ring (bicyclic) bond motifs is 5. The molecule has 2 N–H and O–H groups in total. The third kappa shape index (κ3) is 5.30. The van der Waals surface area contributed by atoms with Crippen LogP contribution in [-0.2, 0) is 30.3 Å². The molecule has 11 heteroatoms. The Bertz CT molecular complexity index is 1280. The van der Waals surface area contributed by atoms with Crippen molar-refractivity contribution in [2.75, 3.05) is 32.9 Å². The summed E-state index contributed by atoms with van der Waals surface area (Å²) in [5, 5.41) is 22.4. The Labute approximate surface area is 259 Å². The molecule has 8 atom stereocenters. The number of carbonyl (C=O) groups excluding carboxylic acids is 2. The van der Waals surface area contributed by atoms with E-state index < -0.39 is 48.5 Å². The topological polar surface area (TPSA) is 115 Å². The average molecular weight is 616 g/mol. The zero-order valence-electron chi connectivity index (χ0n) is 26.5. The summed E-state index contributed by atoms with van der Waals surface area (Å²) in [6, 6.07) is 3.07. The number of halogens is 1. The van der Waals surface area contributed by atoms with Gasteiger partial charge in [0.2, 0.25) is 0 Å². The highest BCUT2D eigenvalue weighted by atomic mass is 19.1. The molecule has 2 aliphatic carbocycles. The van der Waals surface area contributed by atoms with Crippen LogP contribution in [0.3, 0.4) is 0 Å². The Morgan fingerprint density at radius 2 is 2.02 bits per heavy atom. The second-order valence-electron chi connectivity index (χ2n) is 14.6. The number of hydrogen-bond acceptors (Lipinski definition) is 9. The Morgan fingerprint density at radius 3 is 2.80 bits per heavy atom. The minimum atomic E-state index is -1.37. The van der Waals surface area contributed by atoms with E-state index in [0.29, 0.717) is 38.0 Å². The van der Waals surface area contributed by atoms with Gasteiger partial charge in [0.1, 0.15) is 11.9 Å². The number of aliphatic hydroxyl groups excluding tert-OH is 1. The van der Waals surface area contributed by atoms with Crippen molar-refractivity contribution in [1.82, 2.24) is 4.90 Å². The van der Waals surface area contributed by atoms with Crippen molar-refractivity contribution in [2.24, 2.45) is 28.1 Å². The average Bonchev–Trinajstić information content (AvgIpc) is 3.57. The molecule has 2 bridgehead atoms. The van der Waals surface area contributed by atoms with E-state index in [4.69, 9.17) is 18.9 Å². The molecule has 242 valence electrons. The number of morpholine rings is 1. The second kappa shape index (κ2) is 12.0. The molecule has 0 amide bonds. The Morgan fingerprint density at radius 1 is 1.23 bits per heavy atom. The van der Waals surface area contributed by atoms with Gasteiger partial charge in [-0.1, -0.05) is 26.8 Å². The number of nitrogens with zero attached hydrogens (tertiary/aromatic N) is 1. The lowest BCUT2D eigenvalue weighted by Crippen LogP contribution is -2.63. The van der Waals surface area contributed by atoms with Crippen LogP contribution in [-0.4, -0.2) is 85.1 Å². The fraction of sp³-hybridized carbons (Fsp3) is 0.758. The minimum absolute atomic E-state index is 0.00268. The molecule has 1 spiro atoms. The lowest BCUT2D eigenvalue weighted by Gasteiger charge is -2.61. The van der Waals surface area contributed by atoms with Gasteiger partial charge in [0, 0.05) is 35.3 Å². The first-order chi connectivity index (χ1) is 20.9. The maximum atomic E-state index is 15.1. The van der Waals surface area contributed by atoms with Crippen LogP contribution >= 0.6 is 0 Å². The Balaban J connectivity index is 1.31. The van der Waals surface area contributed by atoms with E-state index in [1.54, 1.807) is 13.0 Å². The molecular weight excluding hydrogens is 568 g/mol. The van der Waals surface area contributed by atoms with Crippen molar-refractivity contribution >= 4 is 24.3 Å². The van der Waals surface area contributed by atoms with Crippen LogP contribution in [0.4, 0.5) is 4.39 Å². The lowest BCUT2D eigenvalue weighted by atomic mass is 9.46. The van der Waals surface area contributed by atoms with Crippen LogP contribution in [0.25, 0.3) is 0 Å². The highest BCUT2D eigenvalue weighted by Gasteiger charge is 2.64. The smallest absolute Gasteiger partial charge is 0.479 e. The number of ether oxygens (including phenoxy) is 3. The summed E-state index contributed by atoms with van der Waals surface area (Å²) in [5.74, 6) is -1.15. The number of aliphatic hydroxyl groups is 1. The normalized spacial score (nSPS) is 38.5. The molecule has 9 nitrogen and oxygen atoms in total. The first-order valence-electron chi connectivity index (χ1n) is 16.3. The molecule has 0 radical (unpaired) electrons. The lowest BCUT2D eigenvalue weighted by molar-refractivity contribution is -0.205. The van der Waals surface area contributed by atoms with Gasteiger partial charge in [-0.2, -0.15) is 0 Å². The molecule has 6 rings (SSSR count). The van der Waals surface area contributed by atoms with Gasteiger partial charge in [0.05, 0.1) is 25.9 Å². The SMILES string of the molecule is CC(=O)CC[C@]12CC[C@@H](C)[C@](C)(C1)[C@H](OC(=O)COc1ccc3c(c1F)B(O)OC3)C[C@@]1(CCN3CCOCC31)[C@@H](O)[C@@H]2C. The fourth-order valence-corrected chi connectivity index (χ4v) is 9.48. The van der Waals surface area contributed by atoms with Gasteiger partial charge in [-0.05, 0) is 80.9 Å². The van der Waals surface area contributed by atoms with E-state index in [9.17, 15) is 19.7 Å². The van der Waals surface area contributed by atoms with E-state index in [1.165, 1.54) is 6.07 Å². The van der Waals surface area contributed by atoms with Crippen LogP contribution in [0, 0.1) is 33.9 Å². The molecule has 2 saturated carbocycles. The van der Waals surface area contributed by atoms with Gasteiger partial charge in [-0.25, -0.2) is 9.18 Å². The third-order valence-electron chi connectivity index (χ3n) is 12.5. The van der Waals surface area contributed by atoms with Gasteiger partial charge < -0.3 is 33.8 Å². The Hall–Kier alpha value is -2.05. The molecule has 0 aromatic heterocycles. The molecular formula is C33H47BFNO8. The van der Waals surface area contributed by atoms with E-state index in [-0.39, 0.29) is 46.9 Å². The molecule has 1 aromatic carbocycles. The predicted octanol–water partition coefficient (Wildman–Crippen LogP) is 3.01. The second-order valence-corrected chi connectivity index (χ2v) is 14.6. The zero-order chi connectivity index (χ0) is 31.4. The molecule has 5 aliphatic rings. The number of carbonyl (C=O) groups is 2. The molecule has 3 aliphatic heterocycles. The van der Waals surface area contributed by atoms with E-state index in [2.05, 4.69) is 25.7 Å². The van der Waals surface area contributed by atoms with Crippen molar-refractivity contribution in [1.29, 1.82) is 0 Å². The Kier molecular flexibility index (Phi) is 8.67. The van der Waals surface area contributed by atoms with E-state index in [0.717, 1.165) is 38.8 Å². The van der Waals surface area contributed by atoms with E-state index >= 15 is 4.39 Å². The van der Waals surface area contributed by atoms with Gasteiger partial charge in [-0.3, -0.25) is 4.90 Å². The number of ketones is 1. The first-order valence-corrected chi connectivity index (χ1v) is 16.3. The summed E-state index contributed by atoms with van der Waals surface area (Å²) in [7, 11) is -1.37. The summed E-state index contributed by atoms with van der Waals surface area (Å²) >= 11 is 0. The maximum Gasteiger partial charge on any atom is 0.494 e. The summed E-state index contributed by atoms with van der Waals surface area (Å²) in [6.07, 6.45) is 3.80. The predicted molar refractivity (Wildman–Crippen MR) is 161 cm³/mol. The number of esters is 1. The molecule has 2 saturated heterocycles. The first kappa shape index (κ1) is 31.9. The summed E-state index contributed by atoms with van der Waals surface area (Å²) in [5.41, 5.74) is -0.654. The van der Waals surface area contributed by atoms with Crippen LogP contribution in [0.2, 0.25) is 0 Å². The molecule has 4 fully saturated rings. The van der Waals surface area contributed by atoms with E-state index in [1.807, 2.05) is 0 Å². The van der Waals surface area contributed by atoms with Crippen LogP contribution < -0.4 is 10.2 Å². The van der Waals surface area contributed by atoms with Crippen molar-refractivity contribution in [3.8, 4) is 5.75 Å². The van der Waals surface area contributed by atoms with Gasteiger partial charge in [-0.15, -0.1) is 0 Å². The number of Topliss-reactive ketones (excluding diaryl/α,β-unsaturated/α-hetero) is 1. The van der Waals surface area contributed by atoms with Gasteiger partial charge in [0.15, 0.2) is 18.2 Å². The van der Waals surface area contributed by atoms with Gasteiger partial charge >= 0.3 is 13.1 Å². The van der Waals surface area contributed by atoms with Crippen molar-refractivity contribution in [3.63, 3.8) is 0 Å². The fourth-order valence-electron chi connectivity index (χ4n) is 9.48. The molecule has 3 heterocycles. The number of benzene rings is 1. The third-order valence-corrected chi connectivity index (χ3v) is 12.5. The van der Waals surface area contributed by atoms with Crippen LogP contribution in [0.5, 0.6) is 5.75 Å². The van der Waals surface area contributed by atoms with Gasteiger partial charge in [0.25, 0.3) is 0 Å². The number of hydrogen-bond donors (Lipinski definition) is 2. The van der Waals surface area contributed by atoms with Crippen LogP contribution in [0.15, 0.2) is 12.1 Å². The largest absolute Gasteiger partial charge is 0.494 e. The van der Waals surface area contributed by atoms with Crippen molar-refractivity contribution in [2.45, 2.75) is 97.5 Å². The number of rotatable bonds is 7. The highest BCUT2D eigenvalue weighted by molar-refractivity contribution is 6.61. The molecule has 44 heavy (non-hydrogen) atoms. The van der Waals surface area contributed by atoms with Crippen molar-refractivity contribution < 1.29 is 43.0 Å². The summed E-state index contributed by atoms with van der Waals surface area (Å²) in [4.78, 5) is 28.2. The summed E-state index contributed by atoms with van der Waals surface area (Å²) < 4.78 is 38.2. The molecule has 1 unspecified atom stereocenters. The zero-order valence-corrected chi connectivity index (χ0v) is 26.5. The minimum Gasteiger partial charge on any atom is -0.479 e.